The van der Waals surface area contributed by atoms with E-state index in [2.05, 4.69) is 46.5 Å². The topological polar surface area (TPSA) is 93.8 Å². The molecule has 2 N–H and O–H groups in total. The van der Waals surface area contributed by atoms with Crippen molar-refractivity contribution in [2.24, 2.45) is 4.99 Å². The number of aliphatic imine (C=N–C) groups is 1. The van der Waals surface area contributed by atoms with Gasteiger partial charge in [0.2, 0.25) is 5.89 Å². The zero-order chi connectivity index (χ0) is 18.6. The monoisotopic (exact) mass is 367 g/mol. The van der Waals surface area contributed by atoms with Gasteiger partial charge in [0.05, 0.1) is 12.7 Å². The summed E-state index contributed by atoms with van der Waals surface area (Å²) >= 11 is 0. The lowest BCUT2D eigenvalue weighted by atomic mass is 10.2. The van der Waals surface area contributed by atoms with E-state index in [0.717, 1.165) is 70.4 Å². The molecule has 2 rings (SSSR count). The second kappa shape index (κ2) is 11.9. The number of nitrogens with one attached hydrogen (secondary N) is 2. The first-order valence-electron chi connectivity index (χ1n) is 9.73. The molecule has 0 radical (unpaired) electrons. The lowest BCUT2D eigenvalue weighted by Crippen LogP contribution is -2.38. The van der Waals surface area contributed by atoms with Gasteiger partial charge in [-0.05, 0) is 26.2 Å². The summed E-state index contributed by atoms with van der Waals surface area (Å²) in [6.45, 7) is 10.9. The molecule has 0 bridgehead atoms. The number of rotatable bonds is 11. The Kier molecular flexibility index (Phi) is 9.41. The third-order valence-corrected chi connectivity index (χ3v) is 4.02. The molecule has 0 saturated carbocycles. The number of aromatic nitrogens is 2. The van der Waals surface area contributed by atoms with Gasteiger partial charge in [-0.15, -0.1) is 0 Å². The molecule has 1 unspecified atom stereocenters. The highest BCUT2D eigenvalue weighted by molar-refractivity contribution is 5.79. The maximum atomic E-state index is 5.76. The van der Waals surface area contributed by atoms with Gasteiger partial charge in [-0.25, -0.2) is 0 Å². The van der Waals surface area contributed by atoms with Gasteiger partial charge in [0.1, 0.15) is 0 Å². The lowest BCUT2D eigenvalue weighted by Gasteiger charge is -2.12. The molecule has 0 aliphatic carbocycles. The second-order valence-electron chi connectivity index (χ2n) is 6.70. The van der Waals surface area contributed by atoms with E-state index in [1.807, 2.05) is 0 Å². The SMILES string of the molecule is CCNC(=NCCCc1nc(C(C)C)no1)NCCCOC1CCOC1. The van der Waals surface area contributed by atoms with E-state index in [1.165, 1.54) is 0 Å². The van der Waals surface area contributed by atoms with E-state index in [4.69, 9.17) is 14.0 Å². The highest BCUT2D eigenvalue weighted by Gasteiger charge is 2.15. The number of ether oxygens (including phenoxy) is 2. The van der Waals surface area contributed by atoms with E-state index in [-0.39, 0.29) is 6.10 Å². The van der Waals surface area contributed by atoms with E-state index in [1.54, 1.807) is 0 Å². The van der Waals surface area contributed by atoms with Crippen molar-refractivity contribution in [1.29, 1.82) is 0 Å². The van der Waals surface area contributed by atoms with Crippen LogP contribution in [0.1, 0.15) is 57.7 Å². The van der Waals surface area contributed by atoms with Gasteiger partial charge in [0, 0.05) is 45.2 Å². The van der Waals surface area contributed by atoms with Gasteiger partial charge in [0.15, 0.2) is 11.8 Å². The summed E-state index contributed by atoms with van der Waals surface area (Å²) in [4.78, 5) is 8.97. The Labute approximate surface area is 156 Å². The van der Waals surface area contributed by atoms with E-state index in [0.29, 0.717) is 18.4 Å². The number of guanidine groups is 1. The molecule has 0 aromatic carbocycles. The van der Waals surface area contributed by atoms with Crippen LogP contribution < -0.4 is 10.6 Å². The summed E-state index contributed by atoms with van der Waals surface area (Å²) in [7, 11) is 0. The molecule has 8 nitrogen and oxygen atoms in total. The smallest absolute Gasteiger partial charge is 0.226 e. The third kappa shape index (κ3) is 7.70. The predicted octanol–water partition coefficient (Wildman–Crippen LogP) is 1.88. The Morgan fingerprint density at radius 3 is 2.92 bits per heavy atom. The second-order valence-corrected chi connectivity index (χ2v) is 6.70. The first-order chi connectivity index (χ1) is 12.7. The van der Waals surface area contributed by atoms with Crippen LogP contribution in [0, 0.1) is 0 Å². The van der Waals surface area contributed by atoms with Crippen molar-refractivity contribution >= 4 is 5.96 Å². The van der Waals surface area contributed by atoms with Gasteiger partial charge >= 0.3 is 0 Å². The van der Waals surface area contributed by atoms with Crippen LogP contribution in [-0.4, -0.2) is 61.7 Å². The zero-order valence-electron chi connectivity index (χ0n) is 16.3. The fourth-order valence-electron chi connectivity index (χ4n) is 2.54. The average molecular weight is 367 g/mol. The minimum absolute atomic E-state index is 0.276. The highest BCUT2D eigenvalue weighted by atomic mass is 16.5. The normalized spacial score (nSPS) is 17.8. The van der Waals surface area contributed by atoms with Crippen molar-refractivity contribution in [3.05, 3.63) is 11.7 Å². The minimum atomic E-state index is 0.276. The van der Waals surface area contributed by atoms with Crippen LogP contribution in [0.5, 0.6) is 0 Å². The third-order valence-electron chi connectivity index (χ3n) is 4.02. The molecule has 0 amide bonds. The molecule has 2 heterocycles. The maximum Gasteiger partial charge on any atom is 0.226 e. The highest BCUT2D eigenvalue weighted by Crippen LogP contribution is 2.10. The van der Waals surface area contributed by atoms with Crippen molar-refractivity contribution in [3.8, 4) is 0 Å². The van der Waals surface area contributed by atoms with Gasteiger partial charge in [-0.3, -0.25) is 4.99 Å². The van der Waals surface area contributed by atoms with Crippen molar-refractivity contribution in [2.45, 2.75) is 58.5 Å². The molecule has 8 heteroatoms. The molecule has 1 aromatic rings. The van der Waals surface area contributed by atoms with Crippen molar-refractivity contribution in [3.63, 3.8) is 0 Å². The molecule has 26 heavy (non-hydrogen) atoms. The number of hydrogen-bond acceptors (Lipinski definition) is 6. The molecule has 1 saturated heterocycles. The van der Waals surface area contributed by atoms with Gasteiger partial charge < -0.3 is 24.6 Å². The van der Waals surface area contributed by atoms with Crippen LogP contribution in [0.3, 0.4) is 0 Å². The van der Waals surface area contributed by atoms with Gasteiger partial charge in [-0.2, -0.15) is 4.98 Å². The first kappa shape index (κ1) is 20.6. The summed E-state index contributed by atoms with van der Waals surface area (Å²) in [5, 5.41) is 10.6. The average Bonchev–Trinajstić information content (AvgIpc) is 3.30. The Balaban J connectivity index is 1.60. The van der Waals surface area contributed by atoms with Crippen molar-refractivity contribution < 1.29 is 14.0 Å². The lowest BCUT2D eigenvalue weighted by molar-refractivity contribution is 0.0420. The number of aryl methyl sites for hydroxylation is 1. The molecule has 148 valence electrons. The Morgan fingerprint density at radius 1 is 1.35 bits per heavy atom. The van der Waals surface area contributed by atoms with Crippen LogP contribution in [0.15, 0.2) is 9.52 Å². The standard InChI is InChI=1S/C18H33N5O3/c1-4-19-18(21-10-6-11-25-15-8-12-24-13-15)20-9-5-7-16-22-17(14(2)3)23-26-16/h14-15H,4-13H2,1-3H3,(H2,19,20,21). The van der Waals surface area contributed by atoms with Crippen LogP contribution in [0.4, 0.5) is 0 Å². The fourth-order valence-corrected chi connectivity index (χ4v) is 2.54. The first-order valence-corrected chi connectivity index (χ1v) is 9.73. The fraction of sp³-hybridized carbons (Fsp3) is 0.833. The molecule has 1 fully saturated rings. The summed E-state index contributed by atoms with van der Waals surface area (Å²) < 4.78 is 16.3. The van der Waals surface area contributed by atoms with E-state index in [9.17, 15) is 0 Å². The molecule has 1 atom stereocenters. The minimum Gasteiger partial charge on any atom is -0.379 e. The molecular weight excluding hydrogens is 334 g/mol. The van der Waals surface area contributed by atoms with E-state index >= 15 is 0 Å². The van der Waals surface area contributed by atoms with Crippen LogP contribution in [0.25, 0.3) is 0 Å². The molecule has 1 aliphatic heterocycles. The Bertz CT molecular complexity index is 527. The summed E-state index contributed by atoms with van der Waals surface area (Å²) in [6.07, 6.45) is 3.86. The summed E-state index contributed by atoms with van der Waals surface area (Å²) in [5.41, 5.74) is 0. The molecular formula is C18H33N5O3. The molecule has 1 aliphatic rings. The van der Waals surface area contributed by atoms with E-state index < -0.39 is 0 Å². The maximum absolute atomic E-state index is 5.76. The molecule has 0 spiro atoms. The van der Waals surface area contributed by atoms with Crippen LogP contribution in [-0.2, 0) is 15.9 Å². The van der Waals surface area contributed by atoms with Crippen LogP contribution in [0.2, 0.25) is 0 Å². The summed E-state index contributed by atoms with van der Waals surface area (Å²) in [6, 6.07) is 0. The van der Waals surface area contributed by atoms with Crippen LogP contribution >= 0.6 is 0 Å². The van der Waals surface area contributed by atoms with Gasteiger partial charge in [0.25, 0.3) is 0 Å². The molecule has 1 aromatic heterocycles. The van der Waals surface area contributed by atoms with Gasteiger partial charge in [-0.1, -0.05) is 19.0 Å². The predicted molar refractivity (Wildman–Crippen MR) is 100 cm³/mol. The van der Waals surface area contributed by atoms with Crippen molar-refractivity contribution in [1.82, 2.24) is 20.8 Å². The number of hydrogen-bond donors (Lipinski definition) is 2. The zero-order valence-corrected chi connectivity index (χ0v) is 16.3. The Morgan fingerprint density at radius 2 is 2.23 bits per heavy atom. The Hall–Kier alpha value is -1.67. The largest absolute Gasteiger partial charge is 0.379 e. The summed E-state index contributed by atoms with van der Waals surface area (Å²) in [5.74, 6) is 2.59. The quantitative estimate of drug-likeness (QED) is 0.350. The number of nitrogens with zero attached hydrogens (tertiary/aromatic N) is 3. The van der Waals surface area contributed by atoms with Crippen molar-refractivity contribution in [2.75, 3.05) is 39.5 Å².